The standard InChI is InChI=1S/C14H21N3O4S/c1-15-22(19,20)10-14(18)17-9-11(8-16(2)3)21-13-7-5-4-6-12(13)17/h4-7,11,15H,8-10H2,1-3H3. The van der Waals surface area contributed by atoms with Gasteiger partial charge in [-0.05, 0) is 33.3 Å². The van der Waals surface area contributed by atoms with E-state index in [2.05, 4.69) is 4.72 Å². The van der Waals surface area contributed by atoms with Crippen LogP contribution in [-0.2, 0) is 14.8 Å². The van der Waals surface area contributed by atoms with Crippen molar-refractivity contribution in [2.45, 2.75) is 6.10 Å². The van der Waals surface area contributed by atoms with Crippen LogP contribution in [0.3, 0.4) is 0 Å². The predicted octanol–water partition coefficient (Wildman–Crippen LogP) is -0.109. The first kappa shape index (κ1) is 16.7. The van der Waals surface area contributed by atoms with Crippen molar-refractivity contribution in [1.82, 2.24) is 9.62 Å². The fraction of sp³-hybridized carbons (Fsp3) is 0.500. The van der Waals surface area contributed by atoms with Crippen LogP contribution in [0.15, 0.2) is 24.3 Å². The Morgan fingerprint density at radius 3 is 2.73 bits per heavy atom. The summed E-state index contributed by atoms with van der Waals surface area (Å²) in [4.78, 5) is 15.9. The van der Waals surface area contributed by atoms with Crippen molar-refractivity contribution in [3.8, 4) is 5.75 Å². The van der Waals surface area contributed by atoms with Crippen LogP contribution in [0, 0.1) is 0 Å². The van der Waals surface area contributed by atoms with Crippen molar-refractivity contribution in [3.05, 3.63) is 24.3 Å². The Labute approximate surface area is 130 Å². The Kier molecular flexibility index (Phi) is 5.05. The number of likely N-dealkylation sites (N-methyl/N-ethyl adjacent to an activating group) is 1. The molecule has 0 bridgehead atoms. The van der Waals surface area contributed by atoms with E-state index in [1.807, 2.05) is 25.1 Å². The first-order valence-electron chi connectivity index (χ1n) is 6.94. The lowest BCUT2D eigenvalue weighted by molar-refractivity contribution is -0.116. The summed E-state index contributed by atoms with van der Waals surface area (Å²) in [6.45, 7) is 0.962. The van der Waals surface area contributed by atoms with Gasteiger partial charge >= 0.3 is 0 Å². The lowest BCUT2D eigenvalue weighted by Crippen LogP contribution is -2.49. The van der Waals surface area contributed by atoms with Crippen LogP contribution >= 0.6 is 0 Å². The number of rotatable bonds is 5. The van der Waals surface area contributed by atoms with Crippen molar-refractivity contribution in [2.75, 3.05) is 44.9 Å². The second-order valence-electron chi connectivity index (χ2n) is 5.44. The maximum atomic E-state index is 12.4. The molecular weight excluding hydrogens is 306 g/mol. The molecule has 8 heteroatoms. The predicted molar refractivity (Wildman–Crippen MR) is 84.6 cm³/mol. The molecule has 0 radical (unpaired) electrons. The summed E-state index contributed by atoms with van der Waals surface area (Å²) >= 11 is 0. The quantitative estimate of drug-likeness (QED) is 0.816. The fourth-order valence-corrected chi connectivity index (χ4v) is 2.97. The Morgan fingerprint density at radius 1 is 1.41 bits per heavy atom. The highest BCUT2D eigenvalue weighted by atomic mass is 32.2. The van der Waals surface area contributed by atoms with Crippen molar-refractivity contribution in [3.63, 3.8) is 0 Å². The molecule has 1 atom stereocenters. The van der Waals surface area contributed by atoms with Crippen LogP contribution in [-0.4, -0.2) is 65.3 Å². The number of ether oxygens (including phenoxy) is 1. The zero-order valence-corrected chi connectivity index (χ0v) is 13.8. The van der Waals surface area contributed by atoms with E-state index in [0.717, 1.165) is 0 Å². The minimum atomic E-state index is -3.60. The summed E-state index contributed by atoms with van der Waals surface area (Å²) in [7, 11) is 1.53. The Bertz CT molecular complexity index is 645. The number of benzene rings is 1. The van der Waals surface area contributed by atoms with Gasteiger partial charge in [-0.1, -0.05) is 12.1 Å². The second kappa shape index (κ2) is 6.64. The zero-order chi connectivity index (χ0) is 16.3. The molecule has 2 rings (SSSR count). The van der Waals surface area contributed by atoms with Crippen LogP contribution in [0.1, 0.15) is 0 Å². The maximum absolute atomic E-state index is 12.4. The number of amides is 1. The number of nitrogens with one attached hydrogen (secondary N) is 1. The number of anilines is 1. The molecule has 0 fully saturated rings. The van der Waals surface area contributed by atoms with Gasteiger partial charge in [0.25, 0.3) is 0 Å². The molecular formula is C14H21N3O4S. The number of hydrogen-bond donors (Lipinski definition) is 1. The van der Waals surface area contributed by atoms with Gasteiger partial charge in [0.15, 0.2) is 0 Å². The zero-order valence-electron chi connectivity index (χ0n) is 12.9. The highest BCUT2D eigenvalue weighted by molar-refractivity contribution is 7.90. The lowest BCUT2D eigenvalue weighted by Gasteiger charge is -2.35. The molecule has 0 saturated heterocycles. The largest absolute Gasteiger partial charge is 0.485 e. The number of carbonyl (C=O) groups is 1. The monoisotopic (exact) mass is 327 g/mol. The van der Waals surface area contributed by atoms with Gasteiger partial charge in [-0.3, -0.25) is 4.79 Å². The summed E-state index contributed by atoms with van der Waals surface area (Å²) in [5.41, 5.74) is 0.605. The third-order valence-electron chi connectivity index (χ3n) is 3.33. The number of sulfonamides is 1. The van der Waals surface area contributed by atoms with E-state index >= 15 is 0 Å². The van der Waals surface area contributed by atoms with Gasteiger partial charge < -0.3 is 14.5 Å². The van der Waals surface area contributed by atoms with Crippen molar-refractivity contribution in [1.29, 1.82) is 0 Å². The highest BCUT2D eigenvalue weighted by Crippen LogP contribution is 2.33. The number of hydrogen-bond acceptors (Lipinski definition) is 5. The molecule has 1 unspecified atom stereocenters. The lowest BCUT2D eigenvalue weighted by atomic mass is 10.2. The third kappa shape index (κ3) is 3.96. The Balaban J connectivity index is 2.26. The van der Waals surface area contributed by atoms with Crippen LogP contribution in [0.2, 0.25) is 0 Å². The van der Waals surface area contributed by atoms with E-state index in [1.54, 1.807) is 18.2 Å². The summed E-state index contributed by atoms with van der Waals surface area (Å²) in [6.07, 6.45) is -0.203. The molecule has 0 saturated carbocycles. The van der Waals surface area contributed by atoms with E-state index in [1.165, 1.54) is 11.9 Å². The summed E-state index contributed by atoms with van der Waals surface area (Å²) in [5.74, 6) is -0.448. The first-order chi connectivity index (χ1) is 10.3. The van der Waals surface area contributed by atoms with Gasteiger partial charge in [-0.2, -0.15) is 0 Å². The fourth-order valence-electron chi connectivity index (χ4n) is 2.35. The molecule has 1 aliphatic heterocycles. The third-order valence-corrected chi connectivity index (χ3v) is 4.58. The minimum absolute atomic E-state index is 0.203. The topological polar surface area (TPSA) is 79.0 Å². The molecule has 7 nitrogen and oxygen atoms in total. The second-order valence-corrected chi connectivity index (χ2v) is 7.36. The Hall–Kier alpha value is -1.64. The molecule has 1 aromatic rings. The summed E-state index contributed by atoms with van der Waals surface area (Å²) in [6, 6.07) is 7.15. The van der Waals surface area contributed by atoms with Gasteiger partial charge in [0.2, 0.25) is 15.9 Å². The van der Waals surface area contributed by atoms with E-state index in [-0.39, 0.29) is 6.10 Å². The first-order valence-corrected chi connectivity index (χ1v) is 8.59. The van der Waals surface area contributed by atoms with Gasteiger partial charge in [-0.25, -0.2) is 13.1 Å². The van der Waals surface area contributed by atoms with Crippen LogP contribution in [0.5, 0.6) is 5.75 Å². The average molecular weight is 327 g/mol. The van der Waals surface area contributed by atoms with Gasteiger partial charge in [0.05, 0.1) is 12.2 Å². The Morgan fingerprint density at radius 2 is 2.09 bits per heavy atom. The molecule has 0 aromatic heterocycles. The van der Waals surface area contributed by atoms with E-state index in [9.17, 15) is 13.2 Å². The number of nitrogens with zero attached hydrogens (tertiary/aromatic N) is 2. The smallest absolute Gasteiger partial charge is 0.243 e. The van der Waals surface area contributed by atoms with E-state index in [0.29, 0.717) is 24.5 Å². The van der Waals surface area contributed by atoms with E-state index < -0.39 is 21.7 Å². The maximum Gasteiger partial charge on any atom is 0.243 e. The molecule has 1 N–H and O–H groups in total. The normalized spacial score (nSPS) is 18.0. The van der Waals surface area contributed by atoms with Crippen molar-refractivity contribution >= 4 is 21.6 Å². The summed E-state index contributed by atoms with van der Waals surface area (Å²) in [5, 5.41) is 0. The highest BCUT2D eigenvalue weighted by Gasteiger charge is 2.31. The van der Waals surface area contributed by atoms with Crippen molar-refractivity contribution < 1.29 is 17.9 Å². The van der Waals surface area contributed by atoms with Crippen LogP contribution in [0.25, 0.3) is 0 Å². The molecule has 1 aromatic carbocycles. The van der Waals surface area contributed by atoms with Crippen molar-refractivity contribution in [2.24, 2.45) is 0 Å². The van der Waals surface area contributed by atoms with Gasteiger partial charge in [-0.15, -0.1) is 0 Å². The molecule has 22 heavy (non-hydrogen) atoms. The molecule has 0 spiro atoms. The molecule has 1 heterocycles. The average Bonchev–Trinajstić information content (AvgIpc) is 2.45. The minimum Gasteiger partial charge on any atom is -0.485 e. The van der Waals surface area contributed by atoms with Crippen LogP contribution in [0.4, 0.5) is 5.69 Å². The SMILES string of the molecule is CNS(=O)(=O)CC(=O)N1CC(CN(C)C)Oc2ccccc21. The molecule has 0 aliphatic carbocycles. The molecule has 1 aliphatic rings. The van der Waals surface area contributed by atoms with Gasteiger partial charge in [0.1, 0.15) is 17.6 Å². The number of carbonyl (C=O) groups excluding carboxylic acids is 1. The number of para-hydroxylation sites is 2. The van der Waals surface area contributed by atoms with E-state index in [4.69, 9.17) is 4.74 Å². The van der Waals surface area contributed by atoms with Crippen LogP contribution < -0.4 is 14.4 Å². The summed E-state index contributed by atoms with van der Waals surface area (Å²) < 4.78 is 31.3. The molecule has 122 valence electrons. The van der Waals surface area contributed by atoms with Gasteiger partial charge in [0, 0.05) is 6.54 Å². The number of fused-ring (bicyclic) bond motifs is 1. The molecule has 1 amide bonds.